The maximum atomic E-state index is 11.7. The van der Waals surface area contributed by atoms with Crippen LogP contribution in [0.2, 0.25) is 0 Å². The third-order valence-electron chi connectivity index (χ3n) is 3.71. The minimum Gasteiger partial charge on any atom is -0.370 e. The Morgan fingerprint density at radius 3 is 2.89 bits per heavy atom. The van der Waals surface area contributed by atoms with Gasteiger partial charge in [0.25, 0.3) is 0 Å². The molecule has 1 heterocycles. The molecule has 0 radical (unpaired) electrons. The number of nitrogens with zero attached hydrogens (tertiary/aromatic N) is 2. The van der Waals surface area contributed by atoms with E-state index < -0.39 is 0 Å². The van der Waals surface area contributed by atoms with Gasteiger partial charge in [0, 0.05) is 13.0 Å². The summed E-state index contributed by atoms with van der Waals surface area (Å²) in [5.41, 5.74) is 0. The highest BCUT2D eigenvalue weighted by Crippen LogP contribution is 2.42. The summed E-state index contributed by atoms with van der Waals surface area (Å²) in [5, 5.41) is 4.01. The van der Waals surface area contributed by atoms with Gasteiger partial charge in [-0.3, -0.25) is 4.79 Å². The molecule has 18 heavy (non-hydrogen) atoms. The lowest BCUT2D eigenvalue weighted by Crippen LogP contribution is -2.09. The molecule has 5 nitrogen and oxygen atoms in total. The largest absolute Gasteiger partial charge is 0.370 e. The second-order valence-electron chi connectivity index (χ2n) is 5.12. The normalized spacial score (nSPS) is 25.6. The number of carbonyl (C=O) groups is 1. The predicted octanol–water partition coefficient (Wildman–Crippen LogP) is 2.39. The molecule has 0 aromatic carbocycles. The molecule has 1 aromatic rings. The minimum atomic E-state index is -0.173. The fourth-order valence-electron chi connectivity index (χ4n) is 2.58. The molecule has 0 N–H and O–H groups in total. The molecule has 0 bridgehead atoms. The van der Waals surface area contributed by atoms with Gasteiger partial charge in [0.1, 0.15) is 11.9 Å². The Kier molecular flexibility index (Phi) is 3.16. The van der Waals surface area contributed by atoms with Crippen LogP contribution in [0, 0.1) is 5.92 Å². The topological polar surface area (TPSA) is 65.2 Å². The van der Waals surface area contributed by atoms with Crippen molar-refractivity contribution in [3.05, 3.63) is 11.7 Å². The lowest BCUT2D eigenvalue weighted by atomic mass is 10.1. The minimum absolute atomic E-state index is 0.0518. The SMILES string of the molecule is CCOC(c1noc(C2CCCC2=O)n1)C1CC1. The van der Waals surface area contributed by atoms with Crippen LogP contribution in [0.5, 0.6) is 0 Å². The zero-order valence-electron chi connectivity index (χ0n) is 10.6. The fraction of sp³-hybridized carbons (Fsp3) is 0.769. The molecule has 0 amide bonds. The van der Waals surface area contributed by atoms with Gasteiger partial charge in [0.2, 0.25) is 11.7 Å². The van der Waals surface area contributed by atoms with Crippen LogP contribution in [0.3, 0.4) is 0 Å². The first-order valence-electron chi connectivity index (χ1n) is 6.77. The maximum Gasteiger partial charge on any atom is 0.237 e. The molecule has 0 aliphatic heterocycles. The van der Waals surface area contributed by atoms with Gasteiger partial charge in [0.15, 0.2) is 0 Å². The summed E-state index contributed by atoms with van der Waals surface area (Å²) < 4.78 is 10.9. The molecule has 2 aliphatic rings. The summed E-state index contributed by atoms with van der Waals surface area (Å²) in [6.07, 6.45) is 4.68. The van der Waals surface area contributed by atoms with E-state index in [0.717, 1.165) is 25.7 Å². The molecule has 0 saturated heterocycles. The molecule has 2 atom stereocenters. The van der Waals surface area contributed by atoms with Crippen LogP contribution in [0.4, 0.5) is 0 Å². The van der Waals surface area contributed by atoms with E-state index in [1.165, 1.54) is 0 Å². The standard InChI is InChI=1S/C13H18N2O3/c1-2-17-11(8-6-7-8)12-14-13(18-15-12)9-4-3-5-10(9)16/h8-9,11H,2-7H2,1H3. The average Bonchev–Trinajstić information content (AvgIpc) is 2.93. The third kappa shape index (κ3) is 2.19. The quantitative estimate of drug-likeness (QED) is 0.802. The number of hydrogen-bond donors (Lipinski definition) is 0. The van der Waals surface area contributed by atoms with E-state index in [0.29, 0.717) is 30.7 Å². The van der Waals surface area contributed by atoms with E-state index in [9.17, 15) is 4.79 Å². The van der Waals surface area contributed by atoms with Crippen LogP contribution in [0.1, 0.15) is 62.8 Å². The maximum absolute atomic E-state index is 11.7. The Hall–Kier alpha value is -1.23. The highest BCUT2D eigenvalue weighted by atomic mass is 16.5. The third-order valence-corrected chi connectivity index (χ3v) is 3.71. The first-order chi connectivity index (χ1) is 8.79. The van der Waals surface area contributed by atoms with E-state index in [4.69, 9.17) is 9.26 Å². The van der Waals surface area contributed by atoms with Gasteiger partial charge >= 0.3 is 0 Å². The van der Waals surface area contributed by atoms with Gasteiger partial charge in [0.05, 0.1) is 5.92 Å². The van der Waals surface area contributed by atoms with E-state index in [1.54, 1.807) is 0 Å². The zero-order valence-corrected chi connectivity index (χ0v) is 10.6. The molecule has 5 heteroatoms. The second-order valence-corrected chi connectivity index (χ2v) is 5.12. The summed E-state index contributed by atoms with van der Waals surface area (Å²) in [6, 6.07) is 0. The number of rotatable bonds is 5. The summed E-state index contributed by atoms with van der Waals surface area (Å²) in [6.45, 7) is 2.62. The highest BCUT2D eigenvalue weighted by Gasteiger charge is 2.38. The zero-order chi connectivity index (χ0) is 12.5. The second kappa shape index (κ2) is 4.80. The molecule has 0 spiro atoms. The highest BCUT2D eigenvalue weighted by molar-refractivity contribution is 5.86. The molecule has 98 valence electrons. The Morgan fingerprint density at radius 2 is 2.28 bits per heavy atom. The van der Waals surface area contributed by atoms with Crippen molar-refractivity contribution in [2.45, 2.75) is 51.0 Å². The van der Waals surface area contributed by atoms with E-state index in [1.807, 2.05) is 6.92 Å². The molecule has 1 aromatic heterocycles. The first-order valence-corrected chi connectivity index (χ1v) is 6.77. The Bertz CT molecular complexity index is 439. The monoisotopic (exact) mass is 250 g/mol. The number of carbonyl (C=O) groups excluding carboxylic acids is 1. The van der Waals surface area contributed by atoms with E-state index in [-0.39, 0.29) is 17.8 Å². The van der Waals surface area contributed by atoms with Crippen molar-refractivity contribution in [1.82, 2.24) is 10.1 Å². The average molecular weight is 250 g/mol. The van der Waals surface area contributed by atoms with Gasteiger partial charge in [-0.1, -0.05) is 5.16 Å². The lowest BCUT2D eigenvalue weighted by Gasteiger charge is -2.11. The Labute approximate surface area is 106 Å². The summed E-state index contributed by atoms with van der Waals surface area (Å²) in [5.74, 6) is 1.68. The van der Waals surface area contributed by atoms with Crippen molar-refractivity contribution < 1.29 is 14.1 Å². The summed E-state index contributed by atoms with van der Waals surface area (Å²) in [4.78, 5) is 16.1. The Balaban J connectivity index is 1.77. The van der Waals surface area contributed by atoms with E-state index >= 15 is 0 Å². The van der Waals surface area contributed by atoms with Crippen molar-refractivity contribution in [2.24, 2.45) is 5.92 Å². The first kappa shape index (κ1) is 11.8. The van der Waals surface area contributed by atoms with Crippen LogP contribution in [-0.2, 0) is 9.53 Å². The van der Waals surface area contributed by atoms with Crippen LogP contribution < -0.4 is 0 Å². The van der Waals surface area contributed by atoms with Crippen molar-refractivity contribution in [2.75, 3.05) is 6.61 Å². The molecular weight excluding hydrogens is 232 g/mol. The van der Waals surface area contributed by atoms with E-state index in [2.05, 4.69) is 10.1 Å². The molecule has 2 saturated carbocycles. The number of hydrogen-bond acceptors (Lipinski definition) is 5. The Morgan fingerprint density at radius 1 is 1.44 bits per heavy atom. The number of ketones is 1. The van der Waals surface area contributed by atoms with Gasteiger partial charge in [-0.25, -0.2) is 0 Å². The lowest BCUT2D eigenvalue weighted by molar-refractivity contribution is -0.119. The van der Waals surface area contributed by atoms with Crippen molar-refractivity contribution >= 4 is 5.78 Å². The van der Waals surface area contributed by atoms with Gasteiger partial charge in [-0.05, 0) is 38.5 Å². The fourth-order valence-corrected chi connectivity index (χ4v) is 2.58. The van der Waals surface area contributed by atoms with Gasteiger partial charge in [-0.15, -0.1) is 0 Å². The van der Waals surface area contributed by atoms with Crippen molar-refractivity contribution in [3.8, 4) is 0 Å². The smallest absolute Gasteiger partial charge is 0.237 e. The number of aromatic nitrogens is 2. The predicted molar refractivity (Wildman–Crippen MR) is 63.0 cm³/mol. The van der Waals surface area contributed by atoms with Crippen LogP contribution in [0.15, 0.2) is 4.52 Å². The van der Waals surface area contributed by atoms with Crippen molar-refractivity contribution in [1.29, 1.82) is 0 Å². The van der Waals surface area contributed by atoms with Crippen LogP contribution in [-0.4, -0.2) is 22.5 Å². The van der Waals surface area contributed by atoms with Gasteiger partial charge < -0.3 is 9.26 Å². The number of Topliss-reactive ketones (excluding diaryl/α,β-unsaturated/α-hetero) is 1. The van der Waals surface area contributed by atoms with Crippen LogP contribution >= 0.6 is 0 Å². The van der Waals surface area contributed by atoms with Gasteiger partial charge in [-0.2, -0.15) is 4.98 Å². The van der Waals surface area contributed by atoms with Crippen molar-refractivity contribution in [3.63, 3.8) is 0 Å². The molecule has 2 aliphatic carbocycles. The van der Waals surface area contributed by atoms with Crippen LogP contribution in [0.25, 0.3) is 0 Å². The molecular formula is C13H18N2O3. The summed E-state index contributed by atoms with van der Waals surface area (Å²) >= 11 is 0. The number of ether oxygens (including phenoxy) is 1. The molecule has 3 rings (SSSR count). The molecule has 2 fully saturated rings. The molecule has 2 unspecified atom stereocenters. The summed E-state index contributed by atoms with van der Waals surface area (Å²) in [7, 11) is 0.